The van der Waals surface area contributed by atoms with Gasteiger partial charge in [-0.1, -0.05) is 30.3 Å². The first kappa shape index (κ1) is 19.3. The fourth-order valence-electron chi connectivity index (χ4n) is 3.22. The number of methoxy groups -OCH3 is 1. The Labute approximate surface area is 173 Å². The van der Waals surface area contributed by atoms with Gasteiger partial charge in [-0.25, -0.2) is 4.68 Å². The van der Waals surface area contributed by atoms with Gasteiger partial charge in [-0.2, -0.15) is 5.10 Å². The van der Waals surface area contributed by atoms with Crippen LogP contribution in [0.1, 0.15) is 21.7 Å². The van der Waals surface area contributed by atoms with E-state index in [1.807, 2.05) is 36.4 Å². The summed E-state index contributed by atoms with van der Waals surface area (Å²) in [6.07, 6.45) is 1.68. The molecule has 1 amide bonds. The Morgan fingerprint density at radius 1 is 1.03 bits per heavy atom. The molecule has 2 heterocycles. The van der Waals surface area contributed by atoms with E-state index < -0.39 is 0 Å². The lowest BCUT2D eigenvalue weighted by atomic mass is 10.1. The number of hydrogen-bond donors (Lipinski definition) is 1. The van der Waals surface area contributed by atoms with Crippen LogP contribution in [-0.4, -0.2) is 27.8 Å². The summed E-state index contributed by atoms with van der Waals surface area (Å²) < 4.78 is 6.56. The van der Waals surface area contributed by atoms with Gasteiger partial charge >= 0.3 is 0 Å². The van der Waals surface area contributed by atoms with E-state index in [1.165, 1.54) is 4.68 Å². The molecule has 4 aromatic rings. The molecule has 0 bridgehead atoms. The summed E-state index contributed by atoms with van der Waals surface area (Å²) in [5, 5.41) is 8.66. The molecule has 0 unspecified atom stereocenters. The highest BCUT2D eigenvalue weighted by Crippen LogP contribution is 2.15. The molecule has 2 aromatic carbocycles. The molecule has 0 saturated carbocycles. The van der Waals surface area contributed by atoms with Crippen LogP contribution in [0.2, 0.25) is 0 Å². The molecule has 0 radical (unpaired) electrons. The Bertz CT molecular complexity index is 1250. The number of carbonyl (C=O) groups excluding carboxylic acids is 1. The van der Waals surface area contributed by atoms with Crippen LogP contribution >= 0.6 is 0 Å². The number of ether oxygens (including phenoxy) is 1. The molecule has 0 saturated heterocycles. The maximum absolute atomic E-state index is 12.9. The van der Waals surface area contributed by atoms with Crippen molar-refractivity contribution in [3.8, 4) is 5.75 Å². The van der Waals surface area contributed by atoms with Gasteiger partial charge in [-0.15, -0.1) is 0 Å². The average molecular weight is 400 g/mol. The van der Waals surface area contributed by atoms with E-state index in [-0.39, 0.29) is 24.6 Å². The Kier molecular flexibility index (Phi) is 5.52. The zero-order chi connectivity index (χ0) is 20.9. The monoisotopic (exact) mass is 400 g/mol. The van der Waals surface area contributed by atoms with Crippen molar-refractivity contribution in [2.45, 2.75) is 13.1 Å². The standard InChI is InChI=1S/C23H20N4O3/c1-30-18-9-6-7-16(13-18)22(28)25-14-21-19-10-2-3-11-20(19)23(29)27(26-21)15-17-8-4-5-12-24-17/h2-13H,14-15H2,1H3,(H,25,28). The molecule has 1 N–H and O–H groups in total. The molecule has 0 aliphatic heterocycles. The van der Waals surface area contributed by atoms with Crippen molar-refractivity contribution in [2.24, 2.45) is 0 Å². The quantitative estimate of drug-likeness (QED) is 0.538. The number of fused-ring (bicyclic) bond motifs is 1. The van der Waals surface area contributed by atoms with Gasteiger partial charge in [0.1, 0.15) is 5.75 Å². The van der Waals surface area contributed by atoms with E-state index in [0.717, 1.165) is 5.69 Å². The molecule has 30 heavy (non-hydrogen) atoms. The van der Waals surface area contributed by atoms with E-state index in [0.29, 0.717) is 27.8 Å². The number of carbonyl (C=O) groups is 1. The molecule has 150 valence electrons. The number of nitrogens with one attached hydrogen (secondary N) is 1. The third-order valence-electron chi connectivity index (χ3n) is 4.73. The van der Waals surface area contributed by atoms with E-state index in [1.54, 1.807) is 43.6 Å². The van der Waals surface area contributed by atoms with Crippen LogP contribution in [0.25, 0.3) is 10.8 Å². The number of benzene rings is 2. The van der Waals surface area contributed by atoms with Gasteiger partial charge in [0.2, 0.25) is 0 Å². The lowest BCUT2D eigenvalue weighted by molar-refractivity contribution is 0.0950. The highest BCUT2D eigenvalue weighted by atomic mass is 16.5. The second-order valence-corrected chi connectivity index (χ2v) is 6.69. The first-order valence-electron chi connectivity index (χ1n) is 9.46. The van der Waals surface area contributed by atoms with Crippen LogP contribution in [-0.2, 0) is 13.1 Å². The maximum Gasteiger partial charge on any atom is 0.275 e. The van der Waals surface area contributed by atoms with Crippen LogP contribution < -0.4 is 15.6 Å². The summed E-state index contributed by atoms with van der Waals surface area (Å²) in [6.45, 7) is 0.431. The lowest BCUT2D eigenvalue weighted by Crippen LogP contribution is -2.29. The average Bonchev–Trinajstić information content (AvgIpc) is 2.80. The zero-order valence-electron chi connectivity index (χ0n) is 16.4. The molecule has 7 heteroatoms. The molecule has 0 aliphatic rings. The summed E-state index contributed by atoms with van der Waals surface area (Å²) in [5.41, 5.74) is 1.63. The molecular weight excluding hydrogens is 380 g/mol. The molecule has 0 fully saturated rings. The number of rotatable bonds is 6. The Balaban J connectivity index is 1.65. The largest absolute Gasteiger partial charge is 0.497 e. The van der Waals surface area contributed by atoms with Crippen molar-refractivity contribution in [1.29, 1.82) is 0 Å². The molecule has 2 aromatic heterocycles. The number of amides is 1. The zero-order valence-corrected chi connectivity index (χ0v) is 16.4. The van der Waals surface area contributed by atoms with Gasteiger partial charge in [0, 0.05) is 17.1 Å². The molecule has 4 rings (SSSR count). The van der Waals surface area contributed by atoms with Crippen LogP contribution in [0.4, 0.5) is 0 Å². The van der Waals surface area contributed by atoms with Crippen LogP contribution in [0.3, 0.4) is 0 Å². The lowest BCUT2D eigenvalue weighted by Gasteiger charge is -2.12. The minimum Gasteiger partial charge on any atom is -0.497 e. The smallest absolute Gasteiger partial charge is 0.275 e. The van der Waals surface area contributed by atoms with Crippen molar-refractivity contribution in [3.05, 3.63) is 100 Å². The summed E-state index contributed by atoms with van der Waals surface area (Å²) >= 11 is 0. The van der Waals surface area contributed by atoms with Gasteiger partial charge in [0.05, 0.1) is 37.0 Å². The number of hydrogen-bond acceptors (Lipinski definition) is 5. The Morgan fingerprint density at radius 2 is 1.83 bits per heavy atom. The van der Waals surface area contributed by atoms with E-state index in [9.17, 15) is 9.59 Å². The van der Waals surface area contributed by atoms with Gasteiger partial charge in [-0.05, 0) is 36.4 Å². The van der Waals surface area contributed by atoms with Gasteiger partial charge in [0.25, 0.3) is 11.5 Å². The number of aromatic nitrogens is 3. The Hall–Kier alpha value is -4.00. The third-order valence-corrected chi connectivity index (χ3v) is 4.73. The van der Waals surface area contributed by atoms with Gasteiger partial charge in [0.15, 0.2) is 0 Å². The molecule has 0 aliphatic carbocycles. The summed E-state index contributed by atoms with van der Waals surface area (Å²) in [4.78, 5) is 29.8. The van der Waals surface area contributed by atoms with Gasteiger partial charge in [-0.3, -0.25) is 14.6 Å². The third kappa shape index (κ3) is 4.05. The van der Waals surface area contributed by atoms with Crippen molar-refractivity contribution in [2.75, 3.05) is 7.11 Å². The van der Waals surface area contributed by atoms with Crippen molar-refractivity contribution < 1.29 is 9.53 Å². The highest BCUT2D eigenvalue weighted by Gasteiger charge is 2.13. The van der Waals surface area contributed by atoms with Gasteiger partial charge < -0.3 is 10.1 Å². The van der Waals surface area contributed by atoms with E-state index in [4.69, 9.17) is 4.74 Å². The number of pyridine rings is 1. The molecule has 0 spiro atoms. The van der Waals surface area contributed by atoms with Crippen LogP contribution in [0.5, 0.6) is 5.75 Å². The molecule has 7 nitrogen and oxygen atoms in total. The first-order valence-corrected chi connectivity index (χ1v) is 9.46. The topological polar surface area (TPSA) is 86.1 Å². The fourth-order valence-corrected chi connectivity index (χ4v) is 3.22. The van der Waals surface area contributed by atoms with E-state index >= 15 is 0 Å². The summed E-state index contributed by atoms with van der Waals surface area (Å²) in [5.74, 6) is 0.359. The van der Waals surface area contributed by atoms with Crippen molar-refractivity contribution in [3.63, 3.8) is 0 Å². The van der Waals surface area contributed by atoms with Crippen LogP contribution in [0.15, 0.2) is 77.7 Å². The van der Waals surface area contributed by atoms with Crippen molar-refractivity contribution >= 4 is 16.7 Å². The normalized spacial score (nSPS) is 10.7. The molecule has 0 atom stereocenters. The fraction of sp³-hybridized carbons (Fsp3) is 0.130. The second kappa shape index (κ2) is 8.57. The number of nitrogens with zero attached hydrogens (tertiary/aromatic N) is 3. The van der Waals surface area contributed by atoms with E-state index in [2.05, 4.69) is 15.4 Å². The van der Waals surface area contributed by atoms with Crippen LogP contribution in [0, 0.1) is 0 Å². The van der Waals surface area contributed by atoms with Crippen molar-refractivity contribution in [1.82, 2.24) is 20.1 Å². The first-order chi connectivity index (χ1) is 14.7. The highest BCUT2D eigenvalue weighted by molar-refractivity contribution is 5.94. The predicted octanol–water partition coefficient (Wildman–Crippen LogP) is 2.78. The minimum absolute atomic E-state index is 0.180. The second-order valence-electron chi connectivity index (χ2n) is 6.69. The summed E-state index contributed by atoms with van der Waals surface area (Å²) in [6, 6.07) is 19.7. The maximum atomic E-state index is 12.9. The SMILES string of the molecule is COc1cccc(C(=O)NCc2nn(Cc3ccccn3)c(=O)c3ccccc23)c1. The minimum atomic E-state index is -0.248. The Morgan fingerprint density at radius 3 is 2.60 bits per heavy atom. The summed E-state index contributed by atoms with van der Waals surface area (Å²) in [7, 11) is 1.55. The predicted molar refractivity (Wildman–Crippen MR) is 114 cm³/mol. The molecular formula is C23H20N4O3.